The van der Waals surface area contributed by atoms with Gasteiger partial charge in [0.15, 0.2) is 6.04 Å². The van der Waals surface area contributed by atoms with Crippen molar-refractivity contribution in [2.45, 2.75) is 12.2 Å². The number of carbonyl (C=O) groups excluding carboxylic acids is 1. The molecule has 1 aromatic carbocycles. The van der Waals surface area contributed by atoms with Gasteiger partial charge in [-0.25, -0.2) is 4.79 Å². The Morgan fingerprint density at radius 1 is 1.35 bits per heavy atom. The van der Waals surface area contributed by atoms with E-state index in [4.69, 9.17) is 9.84 Å². The number of benzene rings is 1. The summed E-state index contributed by atoms with van der Waals surface area (Å²) in [5.41, 5.74) is 0.0111. The van der Waals surface area contributed by atoms with Crippen molar-refractivity contribution in [3.8, 4) is 5.75 Å². The summed E-state index contributed by atoms with van der Waals surface area (Å²) in [7, 11) is 2.12. The van der Waals surface area contributed by atoms with E-state index >= 15 is 0 Å². The molecule has 0 aliphatic rings. The zero-order chi connectivity index (χ0) is 15.5. The number of ether oxygens (including phenoxy) is 1. The molecule has 0 aliphatic heterocycles. The van der Waals surface area contributed by atoms with Crippen molar-refractivity contribution in [1.82, 2.24) is 4.90 Å². The fraction of sp³-hybridized carbons (Fsp3) is 0.333. The molecule has 0 spiro atoms. The van der Waals surface area contributed by atoms with Gasteiger partial charge in [-0.15, -0.1) is 0 Å². The molecule has 0 heterocycles. The highest BCUT2D eigenvalue weighted by molar-refractivity contribution is 5.87. The summed E-state index contributed by atoms with van der Waals surface area (Å²) in [6.45, 7) is 0. The molecule has 1 amide bonds. The number of likely N-dealkylation sites (N-methyl/N-ethyl adjacent to an activating group) is 1. The van der Waals surface area contributed by atoms with E-state index in [1.165, 1.54) is 31.4 Å². The Bertz CT molecular complexity index is 516. The third kappa shape index (κ3) is 3.40. The minimum absolute atomic E-state index is 0.0111. The maximum absolute atomic E-state index is 12.4. The van der Waals surface area contributed by atoms with Crippen LogP contribution in [0.4, 0.5) is 13.2 Å². The molecule has 0 fully saturated rings. The number of nitrogens with zero attached hydrogens (tertiary/aromatic N) is 1. The lowest BCUT2D eigenvalue weighted by atomic mass is 10.1. The van der Waals surface area contributed by atoms with Gasteiger partial charge in [0, 0.05) is 7.05 Å². The number of methoxy groups -OCH3 is 1. The van der Waals surface area contributed by atoms with E-state index in [9.17, 15) is 22.8 Å². The third-order valence-electron chi connectivity index (χ3n) is 2.59. The highest BCUT2D eigenvalue weighted by atomic mass is 19.4. The number of alkyl halides is 3. The highest BCUT2D eigenvalue weighted by Crippen LogP contribution is 2.27. The lowest BCUT2D eigenvalue weighted by molar-refractivity contribution is -0.188. The largest absolute Gasteiger partial charge is 0.497 e. The Morgan fingerprint density at radius 2 is 1.95 bits per heavy atom. The van der Waals surface area contributed by atoms with Crippen molar-refractivity contribution in [3.63, 3.8) is 0 Å². The van der Waals surface area contributed by atoms with E-state index in [0.717, 1.165) is 7.05 Å². The highest BCUT2D eigenvalue weighted by Gasteiger charge is 2.45. The Hall–Kier alpha value is -2.25. The number of halogens is 3. The Morgan fingerprint density at radius 3 is 2.40 bits per heavy atom. The number of hydrogen-bond acceptors (Lipinski definition) is 3. The molecule has 0 saturated carbocycles. The fourth-order valence-electron chi connectivity index (χ4n) is 1.66. The SMILES string of the molecule is COc1cccc(C(C(=O)O)N(C)C(=O)C(F)(F)F)c1. The van der Waals surface area contributed by atoms with Gasteiger partial charge in [0.05, 0.1) is 7.11 Å². The summed E-state index contributed by atoms with van der Waals surface area (Å²) in [6, 6.07) is 3.75. The van der Waals surface area contributed by atoms with E-state index in [1.54, 1.807) is 0 Å². The first-order valence-corrected chi connectivity index (χ1v) is 5.39. The van der Waals surface area contributed by atoms with Crippen molar-refractivity contribution in [2.24, 2.45) is 0 Å². The van der Waals surface area contributed by atoms with E-state index < -0.39 is 24.1 Å². The summed E-state index contributed by atoms with van der Waals surface area (Å²) in [5.74, 6) is -3.52. The quantitative estimate of drug-likeness (QED) is 0.919. The molecule has 1 N–H and O–H groups in total. The van der Waals surface area contributed by atoms with Crippen molar-refractivity contribution >= 4 is 11.9 Å². The van der Waals surface area contributed by atoms with Gasteiger partial charge < -0.3 is 14.7 Å². The molecule has 0 saturated heterocycles. The van der Waals surface area contributed by atoms with Crippen LogP contribution in [0.25, 0.3) is 0 Å². The van der Waals surface area contributed by atoms with Gasteiger partial charge in [0.2, 0.25) is 0 Å². The fourth-order valence-corrected chi connectivity index (χ4v) is 1.66. The maximum atomic E-state index is 12.4. The Labute approximate surface area is 112 Å². The maximum Gasteiger partial charge on any atom is 0.471 e. The Kier molecular flexibility index (Phi) is 4.59. The first-order valence-electron chi connectivity index (χ1n) is 5.39. The average Bonchev–Trinajstić information content (AvgIpc) is 2.36. The first-order chi connectivity index (χ1) is 9.18. The smallest absolute Gasteiger partial charge is 0.471 e. The van der Waals surface area contributed by atoms with Gasteiger partial charge in [-0.1, -0.05) is 12.1 Å². The number of carbonyl (C=O) groups is 2. The molecule has 0 radical (unpaired) electrons. The van der Waals surface area contributed by atoms with E-state index in [2.05, 4.69) is 0 Å². The number of hydrogen-bond donors (Lipinski definition) is 1. The first kappa shape index (κ1) is 15.8. The topological polar surface area (TPSA) is 66.8 Å². The minimum atomic E-state index is -5.14. The van der Waals surface area contributed by atoms with Crippen LogP contribution in [0.2, 0.25) is 0 Å². The molecule has 1 aromatic rings. The van der Waals surface area contributed by atoms with Crippen molar-refractivity contribution in [2.75, 3.05) is 14.2 Å². The monoisotopic (exact) mass is 291 g/mol. The van der Waals surface area contributed by atoms with Crippen LogP contribution in [0.5, 0.6) is 5.75 Å². The van der Waals surface area contributed by atoms with E-state index in [1.807, 2.05) is 0 Å². The predicted molar refractivity (Wildman–Crippen MR) is 62.2 cm³/mol. The molecule has 1 atom stereocenters. The van der Waals surface area contributed by atoms with Crippen LogP contribution in [-0.2, 0) is 9.59 Å². The summed E-state index contributed by atoms with van der Waals surface area (Å²) in [5, 5.41) is 9.07. The van der Waals surface area contributed by atoms with Crippen LogP contribution < -0.4 is 4.74 Å². The minimum Gasteiger partial charge on any atom is -0.497 e. The lowest BCUT2D eigenvalue weighted by Crippen LogP contribution is -2.43. The summed E-state index contributed by atoms with van der Waals surface area (Å²) >= 11 is 0. The van der Waals surface area contributed by atoms with Crippen molar-refractivity contribution in [1.29, 1.82) is 0 Å². The summed E-state index contributed by atoms with van der Waals surface area (Å²) < 4.78 is 42.0. The van der Waals surface area contributed by atoms with Crippen LogP contribution in [0.3, 0.4) is 0 Å². The van der Waals surface area contributed by atoms with Crippen LogP contribution in [0.1, 0.15) is 11.6 Å². The molecule has 5 nitrogen and oxygen atoms in total. The number of carboxylic acid groups (broad SMARTS) is 1. The van der Waals surface area contributed by atoms with Crippen molar-refractivity contribution in [3.05, 3.63) is 29.8 Å². The molecule has 8 heteroatoms. The standard InChI is InChI=1S/C12H12F3NO4/c1-16(11(19)12(13,14)15)9(10(17)18)7-4-3-5-8(6-7)20-2/h3-6,9H,1-2H3,(H,17,18). The number of carboxylic acids is 1. The van der Waals surface area contributed by atoms with Gasteiger partial charge in [0.1, 0.15) is 5.75 Å². The molecular formula is C12H12F3NO4. The van der Waals surface area contributed by atoms with E-state index in [0.29, 0.717) is 0 Å². The second-order valence-corrected chi connectivity index (χ2v) is 3.93. The molecule has 20 heavy (non-hydrogen) atoms. The van der Waals surface area contributed by atoms with E-state index in [-0.39, 0.29) is 16.2 Å². The molecule has 1 rings (SSSR count). The molecule has 110 valence electrons. The van der Waals surface area contributed by atoms with Gasteiger partial charge in [-0.05, 0) is 17.7 Å². The number of rotatable bonds is 4. The summed E-state index contributed by atoms with van der Waals surface area (Å²) in [6.07, 6.45) is -5.14. The molecular weight excluding hydrogens is 279 g/mol. The van der Waals surface area contributed by atoms with Gasteiger partial charge in [-0.2, -0.15) is 13.2 Å². The lowest BCUT2D eigenvalue weighted by Gasteiger charge is -2.26. The van der Waals surface area contributed by atoms with Crippen LogP contribution in [0.15, 0.2) is 24.3 Å². The Balaban J connectivity index is 3.18. The second kappa shape index (κ2) is 5.81. The van der Waals surface area contributed by atoms with Gasteiger partial charge in [0.25, 0.3) is 0 Å². The zero-order valence-corrected chi connectivity index (χ0v) is 10.6. The molecule has 0 bridgehead atoms. The number of amides is 1. The normalized spacial score (nSPS) is 12.7. The molecule has 0 aromatic heterocycles. The van der Waals surface area contributed by atoms with Gasteiger partial charge >= 0.3 is 18.1 Å². The van der Waals surface area contributed by atoms with Crippen LogP contribution >= 0.6 is 0 Å². The molecule has 0 aliphatic carbocycles. The third-order valence-corrected chi connectivity index (χ3v) is 2.59. The van der Waals surface area contributed by atoms with Crippen molar-refractivity contribution < 1.29 is 32.6 Å². The molecule has 1 unspecified atom stereocenters. The summed E-state index contributed by atoms with van der Waals surface area (Å²) in [4.78, 5) is 22.5. The zero-order valence-electron chi connectivity index (χ0n) is 10.6. The predicted octanol–water partition coefficient (Wildman–Crippen LogP) is 1.84. The number of aliphatic carboxylic acids is 1. The second-order valence-electron chi connectivity index (χ2n) is 3.93. The van der Waals surface area contributed by atoms with Gasteiger partial charge in [-0.3, -0.25) is 4.79 Å². The average molecular weight is 291 g/mol. The van der Waals surface area contributed by atoms with Crippen LogP contribution in [-0.4, -0.2) is 42.2 Å². The van der Waals surface area contributed by atoms with Crippen LogP contribution in [0, 0.1) is 0 Å².